The second-order valence-electron chi connectivity index (χ2n) is 4.74. The molecule has 0 saturated heterocycles. The zero-order chi connectivity index (χ0) is 14.7. The highest BCUT2D eigenvalue weighted by molar-refractivity contribution is 7.80. The Morgan fingerprint density at radius 1 is 1.10 bits per heavy atom. The van der Waals surface area contributed by atoms with E-state index in [1.807, 2.05) is 39.0 Å². The lowest BCUT2D eigenvalue weighted by molar-refractivity contribution is 1.27. The second kappa shape index (κ2) is 6.20. The van der Waals surface area contributed by atoms with Crippen molar-refractivity contribution in [2.24, 2.45) is 0 Å². The van der Waals surface area contributed by atoms with Crippen molar-refractivity contribution in [1.29, 1.82) is 0 Å². The minimum absolute atomic E-state index is 0.468. The average molecular weight is 306 g/mol. The number of hydrogen-bond acceptors (Lipinski definition) is 2. The SMILES string of the molecule is Cc1ccc(NC(=S)Nc2c(C)cc(C)cc2Cl)nc1. The van der Waals surface area contributed by atoms with Gasteiger partial charge in [-0.25, -0.2) is 4.98 Å². The Balaban J connectivity index is 2.10. The van der Waals surface area contributed by atoms with Crippen molar-refractivity contribution < 1.29 is 0 Å². The molecule has 0 bridgehead atoms. The molecule has 0 aliphatic carbocycles. The van der Waals surface area contributed by atoms with Crippen LogP contribution in [-0.2, 0) is 0 Å². The van der Waals surface area contributed by atoms with Gasteiger partial charge in [-0.3, -0.25) is 0 Å². The van der Waals surface area contributed by atoms with Gasteiger partial charge in [0.05, 0.1) is 10.7 Å². The van der Waals surface area contributed by atoms with Crippen LogP contribution in [0, 0.1) is 20.8 Å². The van der Waals surface area contributed by atoms with E-state index in [4.69, 9.17) is 23.8 Å². The Morgan fingerprint density at radius 2 is 1.85 bits per heavy atom. The van der Waals surface area contributed by atoms with E-state index in [9.17, 15) is 0 Å². The Labute approximate surface area is 129 Å². The normalized spacial score (nSPS) is 10.2. The highest BCUT2D eigenvalue weighted by Crippen LogP contribution is 2.27. The Bertz CT molecular complexity index is 615. The van der Waals surface area contributed by atoms with E-state index in [1.165, 1.54) is 0 Å². The van der Waals surface area contributed by atoms with Crippen molar-refractivity contribution in [2.75, 3.05) is 10.6 Å². The third kappa shape index (κ3) is 3.68. The zero-order valence-electron chi connectivity index (χ0n) is 11.6. The summed E-state index contributed by atoms with van der Waals surface area (Å²) in [5.74, 6) is 0.703. The number of halogens is 1. The monoisotopic (exact) mass is 305 g/mol. The first-order valence-corrected chi connectivity index (χ1v) is 7.02. The maximum Gasteiger partial charge on any atom is 0.176 e. The van der Waals surface area contributed by atoms with Crippen LogP contribution in [0.5, 0.6) is 0 Å². The molecule has 2 rings (SSSR count). The van der Waals surface area contributed by atoms with Gasteiger partial charge in [0.15, 0.2) is 5.11 Å². The number of aryl methyl sites for hydroxylation is 3. The molecule has 0 aliphatic heterocycles. The van der Waals surface area contributed by atoms with E-state index in [2.05, 4.69) is 21.7 Å². The molecule has 0 spiro atoms. The van der Waals surface area contributed by atoms with E-state index in [1.54, 1.807) is 6.20 Å². The smallest absolute Gasteiger partial charge is 0.176 e. The lowest BCUT2D eigenvalue weighted by Crippen LogP contribution is -2.20. The van der Waals surface area contributed by atoms with Crippen LogP contribution in [0.25, 0.3) is 0 Å². The third-order valence-corrected chi connectivity index (χ3v) is 3.33. The Hall–Kier alpha value is -1.65. The molecule has 2 aromatic rings. The summed E-state index contributed by atoms with van der Waals surface area (Å²) in [6.45, 7) is 5.99. The first-order valence-electron chi connectivity index (χ1n) is 6.23. The van der Waals surface area contributed by atoms with Gasteiger partial charge in [0.1, 0.15) is 5.82 Å². The van der Waals surface area contributed by atoms with Gasteiger partial charge in [0, 0.05) is 6.20 Å². The minimum Gasteiger partial charge on any atom is -0.331 e. The molecule has 1 aromatic heterocycles. The topological polar surface area (TPSA) is 37.0 Å². The fourth-order valence-electron chi connectivity index (χ4n) is 1.88. The largest absolute Gasteiger partial charge is 0.331 e. The maximum atomic E-state index is 6.24. The van der Waals surface area contributed by atoms with Crippen LogP contribution in [0.3, 0.4) is 0 Å². The van der Waals surface area contributed by atoms with E-state index < -0.39 is 0 Å². The molecule has 0 unspecified atom stereocenters. The molecule has 0 radical (unpaired) electrons. The Kier molecular flexibility index (Phi) is 4.57. The Morgan fingerprint density at radius 3 is 2.45 bits per heavy atom. The number of thiocarbonyl (C=S) groups is 1. The molecular weight excluding hydrogens is 290 g/mol. The van der Waals surface area contributed by atoms with Crippen molar-refractivity contribution in [1.82, 2.24) is 4.98 Å². The van der Waals surface area contributed by atoms with Gasteiger partial charge in [-0.2, -0.15) is 0 Å². The molecule has 0 saturated carbocycles. The molecule has 104 valence electrons. The van der Waals surface area contributed by atoms with E-state index in [0.29, 0.717) is 16.0 Å². The van der Waals surface area contributed by atoms with E-state index in [0.717, 1.165) is 22.4 Å². The number of anilines is 2. The van der Waals surface area contributed by atoms with Gasteiger partial charge in [0.2, 0.25) is 0 Å². The summed E-state index contributed by atoms with van der Waals surface area (Å²) in [5.41, 5.74) is 4.10. The fourth-order valence-corrected chi connectivity index (χ4v) is 2.45. The van der Waals surface area contributed by atoms with E-state index in [-0.39, 0.29) is 0 Å². The van der Waals surface area contributed by atoms with Crippen molar-refractivity contribution in [3.8, 4) is 0 Å². The van der Waals surface area contributed by atoms with Crippen molar-refractivity contribution >= 4 is 40.4 Å². The quantitative estimate of drug-likeness (QED) is 0.803. The van der Waals surface area contributed by atoms with Crippen molar-refractivity contribution in [3.63, 3.8) is 0 Å². The number of aromatic nitrogens is 1. The first-order chi connectivity index (χ1) is 9.45. The molecule has 0 atom stereocenters. The summed E-state index contributed by atoms with van der Waals surface area (Å²) in [6.07, 6.45) is 1.79. The summed E-state index contributed by atoms with van der Waals surface area (Å²) in [4.78, 5) is 4.25. The number of nitrogens with one attached hydrogen (secondary N) is 2. The average Bonchev–Trinajstić information content (AvgIpc) is 2.36. The lowest BCUT2D eigenvalue weighted by atomic mass is 10.1. The van der Waals surface area contributed by atoms with Gasteiger partial charge in [-0.15, -0.1) is 0 Å². The fraction of sp³-hybridized carbons (Fsp3) is 0.200. The summed E-state index contributed by atoms with van der Waals surface area (Å²) in [5, 5.41) is 7.28. The molecule has 20 heavy (non-hydrogen) atoms. The number of hydrogen-bond donors (Lipinski definition) is 2. The second-order valence-corrected chi connectivity index (χ2v) is 5.55. The number of benzene rings is 1. The molecular formula is C15H16ClN3S. The molecule has 1 heterocycles. The van der Waals surface area contributed by atoms with Crippen molar-refractivity contribution in [3.05, 3.63) is 52.2 Å². The molecule has 0 fully saturated rings. The highest BCUT2D eigenvalue weighted by Gasteiger charge is 2.07. The standard InChI is InChI=1S/C15H16ClN3S/c1-9-4-5-13(17-8-9)18-15(20)19-14-11(3)6-10(2)7-12(14)16/h4-8H,1-3H3,(H2,17,18,19,20). The number of nitrogens with zero attached hydrogens (tertiary/aromatic N) is 1. The summed E-state index contributed by atoms with van der Waals surface area (Å²) in [7, 11) is 0. The predicted molar refractivity (Wildman–Crippen MR) is 89.7 cm³/mol. The molecule has 0 amide bonds. The molecule has 2 N–H and O–H groups in total. The summed E-state index contributed by atoms with van der Waals surface area (Å²) in [6, 6.07) is 7.82. The molecule has 3 nitrogen and oxygen atoms in total. The third-order valence-electron chi connectivity index (χ3n) is 2.82. The molecule has 5 heteroatoms. The van der Waals surface area contributed by atoms with E-state index >= 15 is 0 Å². The summed E-state index contributed by atoms with van der Waals surface area (Å²) >= 11 is 11.5. The van der Waals surface area contributed by atoms with Gasteiger partial charge >= 0.3 is 0 Å². The van der Waals surface area contributed by atoms with Gasteiger partial charge in [-0.05, 0) is 61.8 Å². The zero-order valence-corrected chi connectivity index (χ0v) is 13.2. The van der Waals surface area contributed by atoms with Gasteiger partial charge in [0.25, 0.3) is 0 Å². The molecule has 1 aromatic carbocycles. The molecule has 0 aliphatic rings. The lowest BCUT2D eigenvalue weighted by Gasteiger charge is -2.14. The van der Waals surface area contributed by atoms with Crippen LogP contribution in [0.2, 0.25) is 5.02 Å². The van der Waals surface area contributed by atoms with Crippen LogP contribution in [0.15, 0.2) is 30.5 Å². The summed E-state index contributed by atoms with van der Waals surface area (Å²) < 4.78 is 0. The minimum atomic E-state index is 0.468. The van der Waals surface area contributed by atoms with Crippen LogP contribution in [0.1, 0.15) is 16.7 Å². The first kappa shape index (κ1) is 14.8. The van der Waals surface area contributed by atoms with Crippen LogP contribution < -0.4 is 10.6 Å². The maximum absolute atomic E-state index is 6.24. The van der Waals surface area contributed by atoms with Gasteiger partial charge in [-0.1, -0.05) is 23.7 Å². The van der Waals surface area contributed by atoms with Gasteiger partial charge < -0.3 is 10.6 Å². The highest BCUT2D eigenvalue weighted by atomic mass is 35.5. The number of pyridine rings is 1. The van der Waals surface area contributed by atoms with Crippen molar-refractivity contribution in [2.45, 2.75) is 20.8 Å². The van der Waals surface area contributed by atoms with Crippen LogP contribution >= 0.6 is 23.8 Å². The predicted octanol–water partition coefficient (Wildman–Crippen LogP) is 4.47. The van der Waals surface area contributed by atoms with Crippen LogP contribution in [0.4, 0.5) is 11.5 Å². The number of rotatable bonds is 2. The van der Waals surface area contributed by atoms with Crippen LogP contribution in [-0.4, -0.2) is 10.1 Å².